The largest absolute Gasteiger partial charge is 0.379 e. The molecule has 1 N–H and O–H groups in total. The lowest BCUT2D eigenvalue weighted by Gasteiger charge is -2.26. The van der Waals surface area contributed by atoms with E-state index in [0.717, 1.165) is 51.5 Å². The van der Waals surface area contributed by atoms with Crippen LogP contribution in [0.3, 0.4) is 0 Å². The number of nitrogens with zero attached hydrogens (tertiary/aromatic N) is 2. The number of morpholine rings is 1. The van der Waals surface area contributed by atoms with Crippen LogP contribution < -0.4 is 5.32 Å². The SMILES string of the molecule is O=C(Cc1ccccn1)NCCCN1CCOCC1. The lowest BCUT2D eigenvalue weighted by molar-refractivity contribution is -0.120. The average molecular weight is 263 g/mol. The summed E-state index contributed by atoms with van der Waals surface area (Å²) in [7, 11) is 0. The summed E-state index contributed by atoms with van der Waals surface area (Å²) in [6.07, 6.45) is 3.05. The van der Waals surface area contributed by atoms with Gasteiger partial charge in [-0.1, -0.05) is 6.07 Å². The van der Waals surface area contributed by atoms with E-state index in [9.17, 15) is 4.79 Å². The van der Waals surface area contributed by atoms with E-state index < -0.39 is 0 Å². The molecule has 1 aromatic heterocycles. The van der Waals surface area contributed by atoms with E-state index in [2.05, 4.69) is 15.2 Å². The Morgan fingerprint density at radius 3 is 2.95 bits per heavy atom. The third-order valence-corrected chi connectivity index (χ3v) is 3.14. The predicted molar refractivity (Wildman–Crippen MR) is 72.8 cm³/mol. The number of nitrogens with one attached hydrogen (secondary N) is 1. The quantitative estimate of drug-likeness (QED) is 0.758. The predicted octanol–water partition coefficient (Wildman–Crippen LogP) is 0.463. The minimum absolute atomic E-state index is 0.0423. The summed E-state index contributed by atoms with van der Waals surface area (Å²) < 4.78 is 5.29. The number of aromatic nitrogens is 1. The van der Waals surface area contributed by atoms with Crippen LogP contribution in [0.2, 0.25) is 0 Å². The molecule has 0 aromatic carbocycles. The van der Waals surface area contributed by atoms with E-state index in [1.54, 1.807) is 6.20 Å². The molecule has 0 aliphatic carbocycles. The number of amides is 1. The summed E-state index contributed by atoms with van der Waals surface area (Å²) >= 11 is 0. The summed E-state index contributed by atoms with van der Waals surface area (Å²) in [6, 6.07) is 5.62. The zero-order valence-electron chi connectivity index (χ0n) is 11.2. The number of rotatable bonds is 6. The smallest absolute Gasteiger partial charge is 0.226 e. The van der Waals surface area contributed by atoms with Gasteiger partial charge < -0.3 is 10.1 Å². The number of ether oxygens (including phenoxy) is 1. The molecule has 1 aromatic rings. The number of carbonyl (C=O) groups is 1. The monoisotopic (exact) mass is 263 g/mol. The molecular weight excluding hydrogens is 242 g/mol. The Morgan fingerprint density at radius 1 is 1.37 bits per heavy atom. The van der Waals surface area contributed by atoms with Gasteiger partial charge in [0.05, 0.1) is 19.6 Å². The molecule has 5 heteroatoms. The molecule has 2 heterocycles. The van der Waals surface area contributed by atoms with Crippen molar-refractivity contribution >= 4 is 5.91 Å². The molecule has 1 aliphatic heterocycles. The van der Waals surface area contributed by atoms with Crippen molar-refractivity contribution in [1.29, 1.82) is 0 Å². The minimum atomic E-state index is 0.0423. The zero-order valence-corrected chi connectivity index (χ0v) is 11.2. The summed E-state index contributed by atoms with van der Waals surface area (Å²) in [5.74, 6) is 0.0423. The summed E-state index contributed by atoms with van der Waals surface area (Å²) in [4.78, 5) is 18.2. The molecule has 0 bridgehead atoms. The first-order valence-corrected chi connectivity index (χ1v) is 6.81. The topological polar surface area (TPSA) is 54.5 Å². The normalized spacial score (nSPS) is 16.2. The molecule has 0 unspecified atom stereocenters. The van der Waals surface area contributed by atoms with Crippen LogP contribution in [0.4, 0.5) is 0 Å². The lowest BCUT2D eigenvalue weighted by Crippen LogP contribution is -2.38. The fraction of sp³-hybridized carbons (Fsp3) is 0.571. The van der Waals surface area contributed by atoms with E-state index in [1.165, 1.54) is 0 Å². The van der Waals surface area contributed by atoms with Crippen LogP contribution in [-0.4, -0.2) is 55.2 Å². The van der Waals surface area contributed by atoms with Crippen molar-refractivity contribution in [1.82, 2.24) is 15.2 Å². The number of hydrogen-bond acceptors (Lipinski definition) is 4. The highest BCUT2D eigenvalue weighted by Crippen LogP contribution is 1.98. The lowest BCUT2D eigenvalue weighted by atomic mass is 10.2. The van der Waals surface area contributed by atoms with E-state index >= 15 is 0 Å². The highest BCUT2D eigenvalue weighted by molar-refractivity contribution is 5.77. The molecule has 1 fully saturated rings. The second kappa shape index (κ2) is 7.86. The Labute approximate surface area is 114 Å². The molecule has 0 spiro atoms. The first kappa shape index (κ1) is 14.0. The Bertz CT molecular complexity index is 378. The fourth-order valence-corrected chi connectivity index (χ4v) is 2.08. The van der Waals surface area contributed by atoms with Crippen molar-refractivity contribution in [3.63, 3.8) is 0 Å². The number of hydrogen-bond donors (Lipinski definition) is 1. The maximum atomic E-state index is 11.7. The van der Waals surface area contributed by atoms with Gasteiger partial charge in [-0.05, 0) is 25.1 Å². The molecule has 2 rings (SSSR count). The van der Waals surface area contributed by atoms with Crippen molar-refractivity contribution in [2.75, 3.05) is 39.4 Å². The van der Waals surface area contributed by atoms with Crippen LogP contribution >= 0.6 is 0 Å². The molecular formula is C14H21N3O2. The van der Waals surface area contributed by atoms with Crippen molar-refractivity contribution in [3.8, 4) is 0 Å². The third kappa shape index (κ3) is 5.36. The summed E-state index contributed by atoms with van der Waals surface area (Å²) in [5, 5.41) is 2.93. The van der Waals surface area contributed by atoms with E-state index in [0.29, 0.717) is 6.42 Å². The zero-order chi connectivity index (χ0) is 13.3. The van der Waals surface area contributed by atoms with E-state index in [-0.39, 0.29) is 5.91 Å². The van der Waals surface area contributed by atoms with Gasteiger partial charge in [-0.25, -0.2) is 0 Å². The van der Waals surface area contributed by atoms with Crippen molar-refractivity contribution in [3.05, 3.63) is 30.1 Å². The summed E-state index contributed by atoms with van der Waals surface area (Å²) in [5.41, 5.74) is 0.813. The van der Waals surface area contributed by atoms with Gasteiger partial charge in [-0.3, -0.25) is 14.7 Å². The van der Waals surface area contributed by atoms with Crippen LogP contribution in [0.25, 0.3) is 0 Å². The maximum absolute atomic E-state index is 11.7. The Balaban J connectivity index is 1.56. The van der Waals surface area contributed by atoms with Gasteiger partial charge in [0.15, 0.2) is 0 Å². The van der Waals surface area contributed by atoms with E-state index in [4.69, 9.17) is 4.74 Å². The highest BCUT2D eigenvalue weighted by atomic mass is 16.5. The Morgan fingerprint density at radius 2 is 2.21 bits per heavy atom. The Hall–Kier alpha value is -1.46. The molecule has 0 radical (unpaired) electrons. The molecule has 1 aliphatic rings. The van der Waals surface area contributed by atoms with Crippen molar-refractivity contribution in [2.24, 2.45) is 0 Å². The molecule has 104 valence electrons. The molecule has 0 saturated carbocycles. The van der Waals surface area contributed by atoms with Crippen molar-refractivity contribution in [2.45, 2.75) is 12.8 Å². The number of pyridine rings is 1. The molecule has 5 nitrogen and oxygen atoms in total. The Kier molecular flexibility index (Phi) is 5.78. The van der Waals surface area contributed by atoms with Gasteiger partial charge in [0, 0.05) is 31.5 Å². The van der Waals surface area contributed by atoms with Crippen LogP contribution in [0.15, 0.2) is 24.4 Å². The fourth-order valence-electron chi connectivity index (χ4n) is 2.08. The second-order valence-electron chi connectivity index (χ2n) is 4.66. The highest BCUT2D eigenvalue weighted by Gasteiger charge is 2.09. The van der Waals surface area contributed by atoms with E-state index in [1.807, 2.05) is 18.2 Å². The van der Waals surface area contributed by atoms with Gasteiger partial charge in [0.2, 0.25) is 5.91 Å². The van der Waals surface area contributed by atoms with Crippen molar-refractivity contribution < 1.29 is 9.53 Å². The molecule has 19 heavy (non-hydrogen) atoms. The van der Waals surface area contributed by atoms with Gasteiger partial charge in [-0.2, -0.15) is 0 Å². The first-order valence-electron chi connectivity index (χ1n) is 6.81. The number of carbonyl (C=O) groups excluding carboxylic acids is 1. The minimum Gasteiger partial charge on any atom is -0.379 e. The molecule has 0 atom stereocenters. The van der Waals surface area contributed by atoms with Crippen LogP contribution in [0.5, 0.6) is 0 Å². The van der Waals surface area contributed by atoms with Crippen LogP contribution in [0.1, 0.15) is 12.1 Å². The average Bonchev–Trinajstić information content (AvgIpc) is 2.46. The van der Waals surface area contributed by atoms with Crippen LogP contribution in [0, 0.1) is 0 Å². The third-order valence-electron chi connectivity index (χ3n) is 3.14. The molecule has 1 amide bonds. The van der Waals surface area contributed by atoms with Gasteiger partial charge >= 0.3 is 0 Å². The second-order valence-corrected chi connectivity index (χ2v) is 4.66. The standard InChI is InChI=1S/C14H21N3O2/c18-14(12-13-4-1-2-5-15-13)16-6-3-7-17-8-10-19-11-9-17/h1-2,4-5H,3,6-12H2,(H,16,18). The van der Waals surface area contributed by atoms with Crippen LogP contribution in [-0.2, 0) is 16.0 Å². The maximum Gasteiger partial charge on any atom is 0.226 e. The summed E-state index contributed by atoms with van der Waals surface area (Å²) in [6.45, 7) is 5.40. The van der Waals surface area contributed by atoms with Gasteiger partial charge in [-0.15, -0.1) is 0 Å². The first-order chi connectivity index (χ1) is 9.34. The van der Waals surface area contributed by atoms with Gasteiger partial charge in [0.1, 0.15) is 0 Å². The van der Waals surface area contributed by atoms with Gasteiger partial charge in [0.25, 0.3) is 0 Å². The molecule has 1 saturated heterocycles.